The molecule has 3 rings (SSSR count). The van der Waals surface area contributed by atoms with Crippen LogP contribution in [0.4, 0.5) is 0 Å². The molecule has 1 aromatic rings. The van der Waals surface area contributed by atoms with Crippen molar-refractivity contribution in [1.29, 1.82) is 0 Å². The number of rotatable bonds is 5. The van der Waals surface area contributed by atoms with E-state index in [0.29, 0.717) is 29.6 Å². The van der Waals surface area contributed by atoms with Crippen LogP contribution in [0, 0.1) is 0 Å². The van der Waals surface area contributed by atoms with Gasteiger partial charge in [-0.3, -0.25) is 4.79 Å². The predicted molar refractivity (Wildman–Crippen MR) is 101 cm³/mol. The van der Waals surface area contributed by atoms with Crippen molar-refractivity contribution >= 4 is 23.1 Å². The summed E-state index contributed by atoms with van der Waals surface area (Å²) < 4.78 is 11.1. The van der Waals surface area contributed by atoms with E-state index < -0.39 is 0 Å². The summed E-state index contributed by atoms with van der Waals surface area (Å²) in [6.07, 6.45) is 2.37. The number of benzene rings is 1. The van der Waals surface area contributed by atoms with Gasteiger partial charge in [-0.15, -0.1) is 0 Å². The number of hydrogen-bond acceptors (Lipinski definition) is 4. The first kappa shape index (κ1) is 17.7. The Kier molecular flexibility index (Phi) is 5.27. The Labute approximate surface area is 154 Å². The third kappa shape index (κ3) is 3.23. The molecule has 25 heavy (non-hydrogen) atoms. The molecule has 1 atom stereocenters. The Morgan fingerprint density at radius 1 is 1.28 bits per heavy atom. The summed E-state index contributed by atoms with van der Waals surface area (Å²) in [5.41, 5.74) is 2.87. The molecular formula is C19H24N2O3S. The van der Waals surface area contributed by atoms with Crippen LogP contribution in [0.1, 0.15) is 44.7 Å². The van der Waals surface area contributed by atoms with E-state index in [-0.39, 0.29) is 11.8 Å². The van der Waals surface area contributed by atoms with Crippen molar-refractivity contribution in [1.82, 2.24) is 10.2 Å². The lowest BCUT2D eigenvalue weighted by Gasteiger charge is -2.40. The Bertz CT molecular complexity index is 729. The molecule has 134 valence electrons. The zero-order valence-electron chi connectivity index (χ0n) is 14.9. The van der Waals surface area contributed by atoms with E-state index >= 15 is 0 Å². The second-order valence-corrected chi connectivity index (χ2v) is 6.49. The molecule has 0 radical (unpaired) electrons. The van der Waals surface area contributed by atoms with E-state index in [1.54, 1.807) is 7.11 Å². The van der Waals surface area contributed by atoms with Gasteiger partial charge in [-0.2, -0.15) is 0 Å². The van der Waals surface area contributed by atoms with Crippen LogP contribution in [0.15, 0.2) is 29.5 Å². The van der Waals surface area contributed by atoms with Crippen LogP contribution in [-0.4, -0.2) is 36.1 Å². The third-order valence-corrected chi connectivity index (χ3v) is 5.03. The van der Waals surface area contributed by atoms with Gasteiger partial charge in [0, 0.05) is 24.2 Å². The first-order valence-electron chi connectivity index (χ1n) is 8.75. The number of allylic oxidation sites excluding steroid dienone is 1. The minimum Gasteiger partial charge on any atom is -0.493 e. The van der Waals surface area contributed by atoms with E-state index in [2.05, 4.69) is 12.2 Å². The Morgan fingerprint density at radius 3 is 2.76 bits per heavy atom. The predicted octanol–water partition coefficient (Wildman–Crippen LogP) is 3.35. The number of hydrogen-bond donors (Lipinski definition) is 1. The van der Waals surface area contributed by atoms with Gasteiger partial charge < -0.3 is 19.7 Å². The maximum absolute atomic E-state index is 12.7. The van der Waals surface area contributed by atoms with Gasteiger partial charge >= 0.3 is 0 Å². The molecule has 1 aliphatic carbocycles. The quantitative estimate of drug-likeness (QED) is 0.813. The number of nitrogens with zero attached hydrogens (tertiary/aromatic N) is 1. The van der Waals surface area contributed by atoms with E-state index in [1.165, 1.54) is 0 Å². The van der Waals surface area contributed by atoms with Gasteiger partial charge in [-0.25, -0.2) is 0 Å². The zero-order valence-corrected chi connectivity index (χ0v) is 15.7. The molecule has 0 spiro atoms. The van der Waals surface area contributed by atoms with Crippen LogP contribution in [0.3, 0.4) is 0 Å². The molecule has 2 aliphatic rings. The monoisotopic (exact) mass is 360 g/mol. The normalized spacial score (nSPS) is 20.3. The van der Waals surface area contributed by atoms with Crippen LogP contribution in [0.2, 0.25) is 0 Å². The smallest absolute Gasteiger partial charge is 0.173 e. The standard InChI is InChI=1S/C19H24N2O3S/c1-4-21-13-7-6-8-14(22)17(13)18(20-19(21)25)12-9-10-15(24-5-2)16(11-12)23-3/h9-11,18H,4-8H2,1-3H3,(H,20,25). The number of Topliss-reactive ketones (excluding diaryl/α,β-unsaturated/α-hetero) is 1. The average Bonchev–Trinajstić information content (AvgIpc) is 2.62. The summed E-state index contributed by atoms with van der Waals surface area (Å²) in [4.78, 5) is 14.7. The minimum atomic E-state index is -0.234. The fraction of sp³-hybridized carbons (Fsp3) is 0.474. The van der Waals surface area contributed by atoms with Crippen LogP contribution < -0.4 is 14.8 Å². The van der Waals surface area contributed by atoms with Crippen LogP contribution in [-0.2, 0) is 4.79 Å². The highest BCUT2D eigenvalue weighted by Crippen LogP contribution is 2.39. The van der Waals surface area contributed by atoms with Crippen molar-refractivity contribution in [3.05, 3.63) is 35.0 Å². The average molecular weight is 360 g/mol. The highest BCUT2D eigenvalue weighted by Gasteiger charge is 2.36. The largest absolute Gasteiger partial charge is 0.493 e. The number of nitrogens with one attached hydrogen (secondary N) is 1. The summed E-state index contributed by atoms with van der Waals surface area (Å²) in [6.45, 7) is 5.32. The first-order valence-corrected chi connectivity index (χ1v) is 9.16. The number of thiocarbonyl (C=S) groups is 1. The van der Waals surface area contributed by atoms with Crippen molar-refractivity contribution in [3.8, 4) is 11.5 Å². The second kappa shape index (κ2) is 7.44. The van der Waals surface area contributed by atoms with Crippen molar-refractivity contribution < 1.29 is 14.3 Å². The maximum Gasteiger partial charge on any atom is 0.173 e. The number of ketones is 1. The van der Waals surface area contributed by atoms with Crippen LogP contribution in [0.25, 0.3) is 0 Å². The van der Waals surface area contributed by atoms with Gasteiger partial charge in [0.15, 0.2) is 22.4 Å². The molecule has 0 bridgehead atoms. The Morgan fingerprint density at radius 2 is 2.08 bits per heavy atom. The van der Waals surface area contributed by atoms with Crippen molar-refractivity contribution in [2.45, 2.75) is 39.2 Å². The Balaban J connectivity index is 2.06. The topological polar surface area (TPSA) is 50.8 Å². The molecular weight excluding hydrogens is 336 g/mol. The molecule has 0 fully saturated rings. The highest BCUT2D eigenvalue weighted by atomic mass is 32.1. The first-order chi connectivity index (χ1) is 12.1. The number of methoxy groups -OCH3 is 1. The second-order valence-electron chi connectivity index (χ2n) is 6.11. The fourth-order valence-electron chi connectivity index (χ4n) is 3.57. The fourth-order valence-corrected chi connectivity index (χ4v) is 3.93. The summed E-state index contributed by atoms with van der Waals surface area (Å²) in [5, 5.41) is 4.02. The molecule has 6 heteroatoms. The number of carbonyl (C=O) groups is 1. The lowest BCUT2D eigenvalue weighted by molar-refractivity contribution is -0.116. The van der Waals surface area contributed by atoms with E-state index in [0.717, 1.165) is 36.2 Å². The van der Waals surface area contributed by atoms with Crippen LogP contribution >= 0.6 is 12.2 Å². The van der Waals surface area contributed by atoms with E-state index in [1.807, 2.05) is 30.0 Å². The summed E-state index contributed by atoms with van der Waals surface area (Å²) in [7, 11) is 1.62. The van der Waals surface area contributed by atoms with Gasteiger partial charge in [0.05, 0.1) is 19.8 Å². The molecule has 1 heterocycles. The van der Waals surface area contributed by atoms with Gasteiger partial charge in [0.2, 0.25) is 0 Å². The van der Waals surface area contributed by atoms with Gasteiger partial charge in [-0.1, -0.05) is 6.07 Å². The number of ether oxygens (including phenoxy) is 2. The SMILES string of the molecule is CCOc1ccc(C2NC(=S)N(CC)C3=C2C(=O)CCC3)cc1OC. The third-order valence-electron chi connectivity index (χ3n) is 4.69. The van der Waals surface area contributed by atoms with Gasteiger partial charge in [-0.05, 0) is 56.6 Å². The molecule has 1 N–H and O–H groups in total. The van der Waals surface area contributed by atoms with E-state index in [9.17, 15) is 4.79 Å². The Hall–Kier alpha value is -2.08. The molecule has 1 unspecified atom stereocenters. The van der Waals surface area contributed by atoms with Gasteiger partial charge in [0.25, 0.3) is 0 Å². The molecule has 1 aromatic carbocycles. The van der Waals surface area contributed by atoms with Gasteiger partial charge in [0.1, 0.15) is 0 Å². The summed E-state index contributed by atoms with van der Waals surface area (Å²) in [5.74, 6) is 1.56. The lowest BCUT2D eigenvalue weighted by atomic mass is 9.84. The summed E-state index contributed by atoms with van der Waals surface area (Å²) >= 11 is 5.55. The molecule has 0 saturated heterocycles. The van der Waals surface area contributed by atoms with Crippen molar-refractivity contribution in [2.24, 2.45) is 0 Å². The minimum absolute atomic E-state index is 0.201. The maximum atomic E-state index is 12.7. The molecule has 5 nitrogen and oxygen atoms in total. The van der Waals surface area contributed by atoms with Crippen molar-refractivity contribution in [3.63, 3.8) is 0 Å². The molecule has 0 aromatic heterocycles. The van der Waals surface area contributed by atoms with E-state index in [4.69, 9.17) is 21.7 Å². The summed E-state index contributed by atoms with van der Waals surface area (Å²) in [6, 6.07) is 5.56. The highest BCUT2D eigenvalue weighted by molar-refractivity contribution is 7.80. The molecule has 1 aliphatic heterocycles. The van der Waals surface area contributed by atoms with Crippen LogP contribution in [0.5, 0.6) is 11.5 Å². The molecule has 0 saturated carbocycles. The molecule has 0 amide bonds. The van der Waals surface area contributed by atoms with Crippen molar-refractivity contribution in [2.75, 3.05) is 20.3 Å². The lowest BCUT2D eigenvalue weighted by Crippen LogP contribution is -2.49. The number of carbonyl (C=O) groups excluding carboxylic acids is 1. The zero-order chi connectivity index (χ0) is 18.0.